The summed E-state index contributed by atoms with van der Waals surface area (Å²) >= 11 is 3.42. The maximum atomic E-state index is 3.72. The molecule has 76 valence electrons. The van der Waals surface area contributed by atoms with Crippen LogP contribution >= 0.6 is 15.9 Å². The Morgan fingerprint density at radius 1 is 1.43 bits per heavy atom. The van der Waals surface area contributed by atoms with Crippen LogP contribution in [0, 0.1) is 0 Å². The monoisotopic (exact) mass is 253 g/mol. The van der Waals surface area contributed by atoms with Crippen molar-refractivity contribution in [3.63, 3.8) is 0 Å². The third-order valence-electron chi connectivity index (χ3n) is 2.09. The van der Waals surface area contributed by atoms with Gasteiger partial charge in [0.1, 0.15) is 0 Å². The number of rotatable bonds is 5. The molecule has 1 atom stereocenters. The normalized spacial score (nSPS) is 12.4. The van der Waals surface area contributed by atoms with Crippen LogP contribution in [0.3, 0.4) is 0 Å². The zero-order chi connectivity index (χ0) is 10.4. The minimum atomic E-state index is 0.496. The Morgan fingerprint density at radius 3 is 2.64 bits per heavy atom. The SMILES string of the molecule is C=CCC(C)NCc1ccc(Br)cc1. The molecule has 0 bridgehead atoms. The van der Waals surface area contributed by atoms with Crippen molar-refractivity contribution in [3.05, 3.63) is 47.0 Å². The summed E-state index contributed by atoms with van der Waals surface area (Å²) in [6.45, 7) is 6.81. The molecule has 1 aromatic carbocycles. The number of hydrogen-bond acceptors (Lipinski definition) is 1. The second-order valence-electron chi connectivity index (χ2n) is 3.43. The zero-order valence-corrected chi connectivity index (χ0v) is 10.0. The third kappa shape index (κ3) is 4.07. The van der Waals surface area contributed by atoms with Gasteiger partial charge in [0.2, 0.25) is 0 Å². The van der Waals surface area contributed by atoms with Crippen LogP contribution in [0.2, 0.25) is 0 Å². The van der Waals surface area contributed by atoms with Gasteiger partial charge in [0, 0.05) is 17.1 Å². The second-order valence-corrected chi connectivity index (χ2v) is 4.35. The first kappa shape index (κ1) is 11.5. The molecule has 1 rings (SSSR count). The van der Waals surface area contributed by atoms with E-state index in [2.05, 4.69) is 59.0 Å². The lowest BCUT2D eigenvalue weighted by Crippen LogP contribution is -2.24. The molecule has 2 heteroatoms. The van der Waals surface area contributed by atoms with Crippen molar-refractivity contribution in [2.45, 2.75) is 25.9 Å². The van der Waals surface area contributed by atoms with E-state index in [0.29, 0.717) is 6.04 Å². The molecular weight excluding hydrogens is 238 g/mol. The zero-order valence-electron chi connectivity index (χ0n) is 8.46. The summed E-state index contributed by atoms with van der Waals surface area (Å²) < 4.78 is 1.13. The fraction of sp³-hybridized carbons (Fsp3) is 0.333. The number of benzene rings is 1. The van der Waals surface area contributed by atoms with Crippen LogP contribution in [0.5, 0.6) is 0 Å². The highest BCUT2D eigenvalue weighted by atomic mass is 79.9. The average Bonchev–Trinajstić information content (AvgIpc) is 2.17. The van der Waals surface area contributed by atoms with Gasteiger partial charge in [-0.15, -0.1) is 6.58 Å². The Kier molecular flexibility index (Phi) is 4.91. The minimum Gasteiger partial charge on any atom is -0.310 e. The summed E-state index contributed by atoms with van der Waals surface area (Å²) in [5.41, 5.74) is 1.31. The van der Waals surface area contributed by atoms with Gasteiger partial charge in [0.25, 0.3) is 0 Å². The fourth-order valence-electron chi connectivity index (χ4n) is 1.23. The molecule has 0 aromatic heterocycles. The molecule has 14 heavy (non-hydrogen) atoms. The van der Waals surface area contributed by atoms with E-state index in [1.165, 1.54) is 5.56 Å². The molecule has 1 aromatic rings. The molecule has 1 unspecified atom stereocenters. The molecular formula is C12H16BrN. The summed E-state index contributed by atoms with van der Waals surface area (Å²) in [6.07, 6.45) is 2.95. The number of nitrogens with one attached hydrogen (secondary N) is 1. The van der Waals surface area contributed by atoms with Crippen molar-refractivity contribution in [3.8, 4) is 0 Å². The predicted octanol–water partition coefficient (Wildman–Crippen LogP) is 3.50. The molecule has 0 saturated heterocycles. The predicted molar refractivity (Wildman–Crippen MR) is 65.3 cm³/mol. The molecule has 0 saturated carbocycles. The van der Waals surface area contributed by atoms with Crippen LogP contribution in [-0.4, -0.2) is 6.04 Å². The largest absolute Gasteiger partial charge is 0.310 e. The van der Waals surface area contributed by atoms with E-state index >= 15 is 0 Å². The number of halogens is 1. The highest BCUT2D eigenvalue weighted by Crippen LogP contribution is 2.10. The van der Waals surface area contributed by atoms with E-state index in [0.717, 1.165) is 17.4 Å². The van der Waals surface area contributed by atoms with E-state index in [1.54, 1.807) is 0 Å². The Hall–Kier alpha value is -0.600. The van der Waals surface area contributed by atoms with Gasteiger partial charge < -0.3 is 5.32 Å². The highest BCUT2D eigenvalue weighted by molar-refractivity contribution is 9.10. The topological polar surface area (TPSA) is 12.0 Å². The van der Waals surface area contributed by atoms with Gasteiger partial charge in [-0.05, 0) is 31.0 Å². The van der Waals surface area contributed by atoms with Gasteiger partial charge in [0.05, 0.1) is 0 Å². The fourth-order valence-corrected chi connectivity index (χ4v) is 1.49. The van der Waals surface area contributed by atoms with Crippen LogP contribution in [0.1, 0.15) is 18.9 Å². The standard InChI is InChI=1S/C12H16BrN/c1-3-4-10(2)14-9-11-5-7-12(13)8-6-11/h3,5-8,10,14H,1,4,9H2,2H3. The van der Waals surface area contributed by atoms with E-state index in [9.17, 15) is 0 Å². The first-order chi connectivity index (χ1) is 6.72. The molecule has 0 heterocycles. The third-order valence-corrected chi connectivity index (χ3v) is 2.62. The van der Waals surface area contributed by atoms with Crippen LogP contribution in [0.15, 0.2) is 41.4 Å². The highest BCUT2D eigenvalue weighted by Gasteiger charge is 1.98. The summed E-state index contributed by atoms with van der Waals surface area (Å²) in [7, 11) is 0. The minimum absolute atomic E-state index is 0.496. The molecule has 0 aliphatic heterocycles. The summed E-state index contributed by atoms with van der Waals surface area (Å²) in [5.74, 6) is 0. The average molecular weight is 254 g/mol. The van der Waals surface area contributed by atoms with Gasteiger partial charge in [-0.1, -0.05) is 34.1 Å². The molecule has 0 aliphatic rings. The lowest BCUT2D eigenvalue weighted by Gasteiger charge is -2.11. The van der Waals surface area contributed by atoms with E-state index in [-0.39, 0.29) is 0 Å². The second kappa shape index (κ2) is 5.99. The molecule has 1 nitrogen and oxygen atoms in total. The maximum absolute atomic E-state index is 3.72. The molecule has 0 fully saturated rings. The van der Waals surface area contributed by atoms with Crippen LogP contribution in [0.4, 0.5) is 0 Å². The lowest BCUT2D eigenvalue weighted by atomic mass is 10.2. The van der Waals surface area contributed by atoms with Crippen molar-refractivity contribution in [2.24, 2.45) is 0 Å². The van der Waals surface area contributed by atoms with Crippen molar-refractivity contribution in [1.29, 1.82) is 0 Å². The van der Waals surface area contributed by atoms with Crippen LogP contribution < -0.4 is 5.32 Å². The smallest absolute Gasteiger partial charge is 0.0208 e. The van der Waals surface area contributed by atoms with Gasteiger partial charge in [-0.3, -0.25) is 0 Å². The van der Waals surface area contributed by atoms with E-state index in [1.807, 2.05) is 6.08 Å². The molecule has 0 radical (unpaired) electrons. The first-order valence-corrected chi connectivity index (χ1v) is 5.60. The summed E-state index contributed by atoms with van der Waals surface area (Å²) in [5, 5.41) is 3.43. The first-order valence-electron chi connectivity index (χ1n) is 4.81. The maximum Gasteiger partial charge on any atom is 0.0208 e. The molecule has 1 N–H and O–H groups in total. The van der Waals surface area contributed by atoms with Crippen molar-refractivity contribution in [2.75, 3.05) is 0 Å². The van der Waals surface area contributed by atoms with E-state index in [4.69, 9.17) is 0 Å². The van der Waals surface area contributed by atoms with E-state index < -0.39 is 0 Å². The Morgan fingerprint density at radius 2 is 2.07 bits per heavy atom. The Labute approximate surface area is 94.3 Å². The van der Waals surface area contributed by atoms with Gasteiger partial charge in [-0.25, -0.2) is 0 Å². The van der Waals surface area contributed by atoms with Crippen LogP contribution in [0.25, 0.3) is 0 Å². The van der Waals surface area contributed by atoms with Crippen LogP contribution in [-0.2, 0) is 6.54 Å². The summed E-state index contributed by atoms with van der Waals surface area (Å²) in [6, 6.07) is 8.87. The van der Waals surface area contributed by atoms with Gasteiger partial charge >= 0.3 is 0 Å². The number of hydrogen-bond donors (Lipinski definition) is 1. The summed E-state index contributed by atoms with van der Waals surface area (Å²) in [4.78, 5) is 0. The van der Waals surface area contributed by atoms with Gasteiger partial charge in [0.15, 0.2) is 0 Å². The molecule has 0 aliphatic carbocycles. The van der Waals surface area contributed by atoms with Crippen molar-refractivity contribution in [1.82, 2.24) is 5.32 Å². The van der Waals surface area contributed by atoms with Crippen molar-refractivity contribution >= 4 is 15.9 Å². The lowest BCUT2D eigenvalue weighted by molar-refractivity contribution is 0.554. The molecule has 0 amide bonds. The van der Waals surface area contributed by atoms with Crippen molar-refractivity contribution < 1.29 is 0 Å². The van der Waals surface area contributed by atoms with Gasteiger partial charge in [-0.2, -0.15) is 0 Å². The Bertz CT molecular complexity index is 279. The quantitative estimate of drug-likeness (QED) is 0.793. The Balaban J connectivity index is 2.37. The molecule has 0 spiro atoms.